The second-order valence-corrected chi connectivity index (χ2v) is 4.54. The molecule has 1 rings (SSSR count). The number of nitrogens with one attached hydrogen (secondary N) is 2. The molecular weight excluding hydrogens is 289 g/mol. The van der Waals surface area contributed by atoms with E-state index >= 15 is 0 Å². The summed E-state index contributed by atoms with van der Waals surface area (Å²) in [6.07, 6.45) is -5.77. The van der Waals surface area contributed by atoms with Crippen molar-refractivity contribution in [1.82, 2.24) is 0 Å². The Kier molecular flexibility index (Phi) is 5.57. The van der Waals surface area contributed by atoms with Crippen LogP contribution in [0.25, 0.3) is 0 Å². The van der Waals surface area contributed by atoms with Crippen LogP contribution < -0.4 is 10.6 Å². The van der Waals surface area contributed by atoms with E-state index in [1.165, 1.54) is 24.3 Å². The van der Waals surface area contributed by atoms with Gasteiger partial charge in [-0.05, 0) is 24.3 Å². The molecule has 5 nitrogen and oxygen atoms in total. The monoisotopic (exact) mass is 304 g/mol. The van der Waals surface area contributed by atoms with E-state index in [1.807, 2.05) is 0 Å². The number of carbonyl (C=O) groups is 2. The van der Waals surface area contributed by atoms with E-state index in [9.17, 15) is 22.8 Å². The van der Waals surface area contributed by atoms with Gasteiger partial charge in [-0.1, -0.05) is 13.8 Å². The van der Waals surface area contributed by atoms with Crippen molar-refractivity contribution in [1.29, 1.82) is 0 Å². The van der Waals surface area contributed by atoms with Crippen molar-refractivity contribution < 1.29 is 27.5 Å². The first kappa shape index (κ1) is 16.8. The lowest BCUT2D eigenvalue weighted by molar-refractivity contribution is -0.159. The van der Waals surface area contributed by atoms with E-state index in [0.29, 0.717) is 5.69 Å². The summed E-state index contributed by atoms with van der Waals surface area (Å²) < 4.78 is 39.5. The highest BCUT2D eigenvalue weighted by molar-refractivity contribution is 5.92. The number of benzene rings is 1. The molecule has 0 atom stereocenters. The highest BCUT2D eigenvalue weighted by Gasteiger charge is 2.29. The van der Waals surface area contributed by atoms with Crippen LogP contribution in [0.2, 0.25) is 0 Å². The smallest absolute Gasteiger partial charge is 0.422 e. The number of hydrogen-bond acceptors (Lipinski definition) is 3. The second-order valence-electron chi connectivity index (χ2n) is 4.54. The zero-order chi connectivity index (χ0) is 16.0. The first-order chi connectivity index (χ1) is 9.67. The Morgan fingerprint density at radius 3 is 2.00 bits per heavy atom. The van der Waals surface area contributed by atoms with Crippen LogP contribution in [-0.2, 0) is 9.53 Å². The third kappa shape index (κ3) is 6.64. The van der Waals surface area contributed by atoms with Gasteiger partial charge in [-0.25, -0.2) is 4.79 Å². The molecular formula is C13H15F3N2O3. The molecule has 0 saturated carbocycles. The minimum atomic E-state index is -4.57. The Morgan fingerprint density at radius 2 is 1.57 bits per heavy atom. The summed E-state index contributed by atoms with van der Waals surface area (Å²) in [5.74, 6) is -0.347. The number of halogens is 3. The SMILES string of the molecule is CC(C)C(=O)Nc1ccc(NC(=O)OCC(F)(F)F)cc1. The Morgan fingerprint density at radius 1 is 1.10 bits per heavy atom. The topological polar surface area (TPSA) is 67.4 Å². The molecule has 0 saturated heterocycles. The van der Waals surface area contributed by atoms with Gasteiger partial charge in [-0.3, -0.25) is 10.1 Å². The number of rotatable bonds is 4. The van der Waals surface area contributed by atoms with Gasteiger partial charge < -0.3 is 10.1 Å². The van der Waals surface area contributed by atoms with Gasteiger partial charge in [0.25, 0.3) is 0 Å². The van der Waals surface area contributed by atoms with Crippen LogP contribution in [0.1, 0.15) is 13.8 Å². The standard InChI is InChI=1S/C13H15F3N2O3/c1-8(2)11(19)17-9-3-5-10(6-4-9)18-12(20)21-7-13(14,15)16/h3-6,8H,7H2,1-2H3,(H,17,19)(H,18,20). The molecule has 0 bridgehead atoms. The molecule has 0 fully saturated rings. The van der Waals surface area contributed by atoms with Gasteiger partial charge >= 0.3 is 12.3 Å². The molecule has 2 amide bonds. The molecule has 21 heavy (non-hydrogen) atoms. The number of hydrogen-bond donors (Lipinski definition) is 2. The maximum atomic E-state index is 11.8. The molecule has 2 N–H and O–H groups in total. The first-order valence-electron chi connectivity index (χ1n) is 6.09. The summed E-state index contributed by atoms with van der Waals surface area (Å²) in [5.41, 5.74) is 0.771. The molecule has 116 valence electrons. The lowest BCUT2D eigenvalue weighted by atomic mass is 10.2. The molecule has 0 heterocycles. The summed E-state index contributed by atoms with van der Waals surface area (Å²) in [5, 5.41) is 4.78. The summed E-state index contributed by atoms with van der Waals surface area (Å²) in [7, 11) is 0. The maximum Gasteiger partial charge on any atom is 0.422 e. The molecule has 1 aromatic carbocycles. The average molecular weight is 304 g/mol. The maximum absolute atomic E-state index is 11.8. The van der Waals surface area contributed by atoms with Crippen molar-refractivity contribution in [2.45, 2.75) is 20.0 Å². The second kappa shape index (κ2) is 6.96. The summed E-state index contributed by atoms with van der Waals surface area (Å²) >= 11 is 0. The molecule has 0 unspecified atom stereocenters. The fourth-order valence-corrected chi connectivity index (χ4v) is 1.22. The normalized spacial score (nSPS) is 11.1. The molecule has 0 radical (unpaired) electrons. The van der Waals surface area contributed by atoms with Gasteiger partial charge in [0, 0.05) is 17.3 Å². The van der Waals surface area contributed by atoms with Crippen LogP contribution in [0.15, 0.2) is 24.3 Å². The largest absolute Gasteiger partial charge is 0.440 e. The molecule has 0 aliphatic carbocycles. The van der Waals surface area contributed by atoms with Crippen molar-refractivity contribution in [3.05, 3.63) is 24.3 Å². The third-order valence-electron chi connectivity index (χ3n) is 2.29. The molecule has 0 aliphatic rings. The Labute approximate surface area is 119 Å². The zero-order valence-corrected chi connectivity index (χ0v) is 11.5. The minimum Gasteiger partial charge on any atom is -0.440 e. The molecule has 0 aliphatic heterocycles. The van der Waals surface area contributed by atoms with Crippen molar-refractivity contribution in [2.75, 3.05) is 17.2 Å². The minimum absolute atomic E-state index is 0.166. The van der Waals surface area contributed by atoms with Crippen LogP contribution in [0.3, 0.4) is 0 Å². The van der Waals surface area contributed by atoms with Crippen molar-refractivity contribution in [3.8, 4) is 0 Å². The van der Waals surface area contributed by atoms with Crippen LogP contribution in [-0.4, -0.2) is 24.8 Å². The van der Waals surface area contributed by atoms with E-state index in [-0.39, 0.29) is 17.5 Å². The molecule has 0 spiro atoms. The summed E-state index contributed by atoms with van der Waals surface area (Å²) in [4.78, 5) is 22.6. The number of ether oxygens (including phenoxy) is 1. The Hall–Kier alpha value is -2.25. The van der Waals surface area contributed by atoms with Crippen LogP contribution in [0.4, 0.5) is 29.3 Å². The Balaban J connectivity index is 2.51. The van der Waals surface area contributed by atoms with Crippen molar-refractivity contribution in [2.24, 2.45) is 5.92 Å². The van der Waals surface area contributed by atoms with Crippen molar-refractivity contribution in [3.63, 3.8) is 0 Å². The molecule has 0 aromatic heterocycles. The van der Waals surface area contributed by atoms with Crippen LogP contribution >= 0.6 is 0 Å². The lowest BCUT2D eigenvalue weighted by Gasteiger charge is -2.10. The van der Waals surface area contributed by atoms with E-state index in [0.717, 1.165) is 0 Å². The number of anilines is 2. The quantitative estimate of drug-likeness (QED) is 0.896. The van der Waals surface area contributed by atoms with Gasteiger partial charge in [0.15, 0.2) is 6.61 Å². The van der Waals surface area contributed by atoms with E-state index in [1.54, 1.807) is 13.8 Å². The van der Waals surface area contributed by atoms with Gasteiger partial charge in [0.2, 0.25) is 5.91 Å². The molecule has 8 heteroatoms. The van der Waals surface area contributed by atoms with E-state index in [2.05, 4.69) is 15.4 Å². The van der Waals surface area contributed by atoms with Crippen molar-refractivity contribution >= 4 is 23.4 Å². The van der Waals surface area contributed by atoms with E-state index < -0.39 is 18.9 Å². The number of alkyl halides is 3. The van der Waals surface area contributed by atoms with Crippen LogP contribution in [0.5, 0.6) is 0 Å². The number of amides is 2. The number of carbonyl (C=O) groups excluding carboxylic acids is 2. The predicted molar refractivity (Wildman–Crippen MR) is 70.9 cm³/mol. The van der Waals surface area contributed by atoms with Gasteiger partial charge in [-0.2, -0.15) is 13.2 Å². The lowest BCUT2D eigenvalue weighted by Crippen LogP contribution is -2.23. The Bertz CT molecular complexity index is 498. The van der Waals surface area contributed by atoms with Gasteiger partial charge in [0.1, 0.15) is 0 Å². The van der Waals surface area contributed by atoms with Gasteiger partial charge in [-0.15, -0.1) is 0 Å². The summed E-state index contributed by atoms with van der Waals surface area (Å²) in [6.45, 7) is 1.82. The van der Waals surface area contributed by atoms with E-state index in [4.69, 9.17) is 0 Å². The van der Waals surface area contributed by atoms with Crippen LogP contribution in [0, 0.1) is 5.92 Å². The highest BCUT2D eigenvalue weighted by Crippen LogP contribution is 2.17. The third-order valence-corrected chi connectivity index (χ3v) is 2.29. The zero-order valence-electron chi connectivity index (χ0n) is 11.5. The highest BCUT2D eigenvalue weighted by atomic mass is 19.4. The van der Waals surface area contributed by atoms with Gasteiger partial charge in [0.05, 0.1) is 0 Å². The fourth-order valence-electron chi connectivity index (χ4n) is 1.22. The predicted octanol–water partition coefficient (Wildman–Crippen LogP) is 3.39. The molecule has 1 aromatic rings. The first-order valence-corrected chi connectivity index (χ1v) is 6.09. The average Bonchev–Trinajstić information content (AvgIpc) is 2.38. The summed E-state index contributed by atoms with van der Waals surface area (Å²) in [6, 6.07) is 5.90. The fraction of sp³-hybridized carbons (Fsp3) is 0.385.